The Labute approximate surface area is 112 Å². The molecule has 0 aliphatic carbocycles. The predicted octanol–water partition coefficient (Wildman–Crippen LogP) is 4.18. The molecule has 0 fully saturated rings. The first-order valence-corrected chi connectivity index (χ1v) is 7.27. The summed E-state index contributed by atoms with van der Waals surface area (Å²) in [6.07, 6.45) is 0. The molecule has 1 N–H and O–H groups in total. The number of hydrogen-bond acceptors (Lipinski definition) is 2. The first-order valence-electron chi connectivity index (χ1n) is 5.49. The van der Waals surface area contributed by atoms with Crippen LogP contribution in [0.2, 0.25) is 0 Å². The van der Waals surface area contributed by atoms with E-state index in [0.29, 0.717) is 11.5 Å². The van der Waals surface area contributed by atoms with Crippen molar-refractivity contribution >= 4 is 27.7 Å². The molecule has 1 aromatic rings. The molecule has 1 rings (SSSR count). The molecule has 0 aromatic heterocycles. The Balaban J connectivity index is 2.56. The number of thioether (sulfide) groups is 1. The van der Waals surface area contributed by atoms with Gasteiger partial charge in [-0.3, -0.25) is 0 Å². The molecule has 0 saturated heterocycles. The van der Waals surface area contributed by atoms with Crippen molar-refractivity contribution in [3.63, 3.8) is 0 Å². The summed E-state index contributed by atoms with van der Waals surface area (Å²) in [5.74, 6) is 1.09. The van der Waals surface area contributed by atoms with Gasteiger partial charge in [-0.2, -0.15) is 0 Å². The molecule has 1 unspecified atom stereocenters. The fraction of sp³-hybridized carbons (Fsp3) is 0.538. The molecule has 3 heteroatoms. The van der Waals surface area contributed by atoms with Gasteiger partial charge in [-0.15, -0.1) is 11.8 Å². The lowest BCUT2D eigenvalue weighted by atomic mass is 9.88. The second-order valence-corrected chi connectivity index (χ2v) is 6.98. The third-order valence-electron chi connectivity index (χ3n) is 2.61. The number of rotatable bonds is 4. The number of nitrogens with one attached hydrogen (secondary N) is 1. The molecule has 1 nitrogen and oxygen atoms in total. The second-order valence-electron chi connectivity index (χ2n) is 4.98. The van der Waals surface area contributed by atoms with Crippen molar-refractivity contribution in [3.05, 3.63) is 28.7 Å². The van der Waals surface area contributed by atoms with Crippen LogP contribution in [0.5, 0.6) is 0 Å². The van der Waals surface area contributed by atoms with Gasteiger partial charge in [-0.1, -0.05) is 42.8 Å². The zero-order chi connectivity index (χ0) is 12.2. The molecule has 90 valence electrons. The summed E-state index contributed by atoms with van der Waals surface area (Å²) in [6.45, 7) is 6.82. The van der Waals surface area contributed by atoms with E-state index < -0.39 is 0 Å². The lowest BCUT2D eigenvalue weighted by molar-refractivity contribution is 0.305. The van der Waals surface area contributed by atoms with Crippen LogP contribution in [-0.4, -0.2) is 18.8 Å². The largest absolute Gasteiger partial charge is 0.316 e. The van der Waals surface area contributed by atoms with Crippen LogP contribution in [0, 0.1) is 5.41 Å². The lowest BCUT2D eigenvalue weighted by Gasteiger charge is -2.30. The van der Waals surface area contributed by atoms with Crippen molar-refractivity contribution in [2.45, 2.75) is 31.7 Å². The number of halogens is 1. The fourth-order valence-electron chi connectivity index (χ4n) is 1.50. The minimum absolute atomic E-state index is 0.299. The van der Waals surface area contributed by atoms with E-state index in [1.54, 1.807) is 0 Å². The van der Waals surface area contributed by atoms with Gasteiger partial charge in [0.25, 0.3) is 0 Å². The Hall–Kier alpha value is 0.01000. The van der Waals surface area contributed by atoms with Crippen molar-refractivity contribution in [1.82, 2.24) is 5.32 Å². The molecule has 0 spiro atoms. The SMILES string of the molecule is CNC(CSc1cccc(Br)c1)C(C)(C)C. The van der Waals surface area contributed by atoms with Crippen LogP contribution in [0.3, 0.4) is 0 Å². The second kappa shape index (κ2) is 6.08. The Morgan fingerprint density at radius 2 is 2.06 bits per heavy atom. The normalized spacial score (nSPS) is 13.8. The minimum Gasteiger partial charge on any atom is -0.316 e. The summed E-state index contributed by atoms with van der Waals surface area (Å²) < 4.78 is 1.15. The third kappa shape index (κ3) is 4.48. The van der Waals surface area contributed by atoms with Crippen molar-refractivity contribution in [2.24, 2.45) is 5.41 Å². The molecule has 1 aromatic carbocycles. The van der Waals surface area contributed by atoms with Gasteiger partial charge in [-0.25, -0.2) is 0 Å². The maximum Gasteiger partial charge on any atom is 0.0207 e. The third-order valence-corrected chi connectivity index (χ3v) is 4.19. The van der Waals surface area contributed by atoms with Gasteiger partial charge < -0.3 is 5.32 Å². The summed E-state index contributed by atoms with van der Waals surface area (Å²) in [7, 11) is 2.04. The van der Waals surface area contributed by atoms with E-state index in [4.69, 9.17) is 0 Å². The Morgan fingerprint density at radius 1 is 1.38 bits per heavy atom. The van der Waals surface area contributed by atoms with Gasteiger partial charge in [0.1, 0.15) is 0 Å². The molecule has 16 heavy (non-hydrogen) atoms. The molecular formula is C13H20BrNS. The standard InChI is InChI=1S/C13H20BrNS/c1-13(2,3)12(15-4)9-16-11-7-5-6-10(14)8-11/h5-8,12,15H,9H2,1-4H3. The minimum atomic E-state index is 0.299. The van der Waals surface area contributed by atoms with E-state index in [-0.39, 0.29) is 0 Å². The summed E-state index contributed by atoms with van der Waals surface area (Å²) in [4.78, 5) is 1.32. The number of hydrogen-bond donors (Lipinski definition) is 1. The molecule has 1 atom stereocenters. The Bertz CT molecular complexity index is 333. The molecule has 0 amide bonds. The van der Waals surface area contributed by atoms with Crippen LogP contribution in [0.4, 0.5) is 0 Å². The van der Waals surface area contributed by atoms with Crippen LogP contribution in [0.15, 0.2) is 33.6 Å². The quantitative estimate of drug-likeness (QED) is 0.838. The van der Waals surface area contributed by atoms with E-state index in [1.165, 1.54) is 4.90 Å². The maximum absolute atomic E-state index is 3.50. The highest BCUT2D eigenvalue weighted by molar-refractivity contribution is 9.10. The van der Waals surface area contributed by atoms with E-state index in [0.717, 1.165) is 10.2 Å². The molecule has 0 bridgehead atoms. The highest BCUT2D eigenvalue weighted by atomic mass is 79.9. The van der Waals surface area contributed by atoms with E-state index in [9.17, 15) is 0 Å². The van der Waals surface area contributed by atoms with Crippen LogP contribution >= 0.6 is 27.7 Å². The Morgan fingerprint density at radius 3 is 2.56 bits per heavy atom. The average molecular weight is 302 g/mol. The predicted molar refractivity (Wildman–Crippen MR) is 77.2 cm³/mol. The first kappa shape index (κ1) is 14.1. The van der Waals surface area contributed by atoms with Gasteiger partial charge in [0.2, 0.25) is 0 Å². The van der Waals surface area contributed by atoms with Crippen molar-refractivity contribution in [3.8, 4) is 0 Å². The van der Waals surface area contributed by atoms with Crippen molar-refractivity contribution in [2.75, 3.05) is 12.8 Å². The van der Waals surface area contributed by atoms with Crippen LogP contribution in [-0.2, 0) is 0 Å². The molecule has 0 heterocycles. The van der Waals surface area contributed by atoms with Gasteiger partial charge in [0.05, 0.1) is 0 Å². The summed E-state index contributed by atoms with van der Waals surface area (Å²) >= 11 is 5.40. The highest BCUT2D eigenvalue weighted by Crippen LogP contribution is 2.27. The van der Waals surface area contributed by atoms with Gasteiger partial charge >= 0.3 is 0 Å². The summed E-state index contributed by atoms with van der Waals surface area (Å²) in [5.41, 5.74) is 0.299. The highest BCUT2D eigenvalue weighted by Gasteiger charge is 2.22. The van der Waals surface area contributed by atoms with Crippen LogP contribution < -0.4 is 5.32 Å². The van der Waals surface area contributed by atoms with E-state index in [1.807, 2.05) is 18.8 Å². The maximum atomic E-state index is 3.50. The molecule has 0 radical (unpaired) electrons. The topological polar surface area (TPSA) is 12.0 Å². The zero-order valence-corrected chi connectivity index (χ0v) is 12.8. The van der Waals surface area contributed by atoms with Gasteiger partial charge in [0.15, 0.2) is 0 Å². The van der Waals surface area contributed by atoms with Gasteiger partial charge in [0, 0.05) is 21.2 Å². The molecule has 0 aliphatic heterocycles. The van der Waals surface area contributed by atoms with Crippen molar-refractivity contribution in [1.29, 1.82) is 0 Å². The summed E-state index contributed by atoms with van der Waals surface area (Å²) in [6, 6.07) is 8.99. The fourth-order valence-corrected chi connectivity index (χ4v) is 3.46. The molecule has 0 saturated carbocycles. The van der Waals surface area contributed by atoms with Gasteiger partial charge in [-0.05, 0) is 30.7 Å². The van der Waals surface area contributed by atoms with Crippen LogP contribution in [0.1, 0.15) is 20.8 Å². The van der Waals surface area contributed by atoms with E-state index in [2.05, 4.69) is 66.3 Å². The van der Waals surface area contributed by atoms with Crippen LogP contribution in [0.25, 0.3) is 0 Å². The first-order chi connectivity index (χ1) is 7.43. The monoisotopic (exact) mass is 301 g/mol. The number of benzene rings is 1. The smallest absolute Gasteiger partial charge is 0.0207 e. The zero-order valence-electron chi connectivity index (χ0n) is 10.4. The average Bonchev–Trinajstić information content (AvgIpc) is 2.16. The molecule has 0 aliphatic rings. The van der Waals surface area contributed by atoms with Crippen molar-refractivity contribution < 1.29 is 0 Å². The summed E-state index contributed by atoms with van der Waals surface area (Å²) in [5, 5.41) is 3.39. The molecular weight excluding hydrogens is 282 g/mol. The van der Waals surface area contributed by atoms with E-state index >= 15 is 0 Å². The Kier molecular flexibility index (Phi) is 5.35. The lowest BCUT2D eigenvalue weighted by Crippen LogP contribution is -2.40.